The zero-order valence-electron chi connectivity index (χ0n) is 50.6. The van der Waals surface area contributed by atoms with Crippen LogP contribution in [-0.4, -0.2) is 108 Å². The van der Waals surface area contributed by atoms with E-state index in [1.54, 1.807) is 85.4 Å². The minimum absolute atomic E-state index is 0.00818. The van der Waals surface area contributed by atoms with Crippen molar-refractivity contribution < 1.29 is 36.8 Å². The zero-order valence-corrected chi connectivity index (χ0v) is 54.6. The van der Waals surface area contributed by atoms with Gasteiger partial charge in [-0.3, -0.25) is 9.65 Å². The summed E-state index contributed by atoms with van der Waals surface area (Å²) in [6, 6.07) is 23.4. The molecule has 28 heteroatoms. The van der Waals surface area contributed by atoms with Crippen molar-refractivity contribution in [1.82, 2.24) is 44.7 Å². The third-order valence-electron chi connectivity index (χ3n) is 14.0. The fourth-order valence-corrected chi connectivity index (χ4v) is 13.6. The van der Waals surface area contributed by atoms with Crippen LogP contribution in [0, 0.1) is 6.92 Å². The molecule has 0 aliphatic carbocycles. The lowest BCUT2D eigenvalue weighted by Gasteiger charge is -2.24. The number of nitrogen functional groups attached to an aromatic ring is 3. The smallest absolute Gasteiger partial charge is 0.294 e. The number of nitrogens with two attached hydrogens (primary N) is 4. The molecule has 2 saturated heterocycles. The molecule has 0 radical (unpaired) electrons. The third-order valence-corrected chi connectivity index (χ3v) is 18.8. The number of ketones is 3. The second kappa shape index (κ2) is 32.8. The molecule has 0 amide bonds. The maximum Gasteiger partial charge on any atom is 0.294 e. The van der Waals surface area contributed by atoms with E-state index in [-0.39, 0.29) is 34.7 Å². The minimum Gasteiger partial charge on any atom is -0.384 e. The van der Waals surface area contributed by atoms with E-state index in [0.29, 0.717) is 48.3 Å². The SMILES string of the molecule is CC(=O)CCCN.CC(=O)CCCNc1cc(N)nc2cc(-c3ccn[nH]3)sc12.CC(=O)CCCNc1cc(N)nc2cc(-c3ccnn3C3CCCCO3)sc12.Cc1ccc(S(=O)(=O)O)cc1.Nc1cc(Cl)c2sc(-c3ccnn3C3CCCCO3)cc2n1. The van der Waals surface area contributed by atoms with Crippen molar-refractivity contribution in [1.29, 1.82) is 0 Å². The number of carbonyl (C=O) groups excluding carboxylic acids is 3. The average Bonchev–Trinajstić information content (AvgIpc) is 1.67. The van der Waals surface area contributed by atoms with Crippen molar-refractivity contribution >= 4 is 133 Å². The van der Waals surface area contributed by atoms with Crippen molar-refractivity contribution in [2.75, 3.05) is 60.7 Å². The zero-order chi connectivity index (χ0) is 64.3. The van der Waals surface area contributed by atoms with Crippen molar-refractivity contribution in [3.05, 3.63) is 108 Å². The highest BCUT2D eigenvalue weighted by Crippen LogP contribution is 2.41. The number of halogens is 1. The number of hydrogen-bond donors (Lipinski definition) is 8. The number of anilines is 5. The van der Waals surface area contributed by atoms with Crippen molar-refractivity contribution in [3.8, 4) is 31.7 Å². The van der Waals surface area contributed by atoms with Crippen LogP contribution in [0.3, 0.4) is 0 Å². The normalized spacial score (nSPS) is 14.7. The van der Waals surface area contributed by atoms with E-state index in [1.165, 1.54) is 18.6 Å². The number of aromatic amines is 1. The first-order chi connectivity index (χ1) is 43.2. The van der Waals surface area contributed by atoms with E-state index in [1.807, 2.05) is 64.9 Å². The molecule has 12 N–H and O–H groups in total. The first-order valence-electron chi connectivity index (χ1n) is 29.5. The number of fused-ring (bicyclic) bond motifs is 3. The standard InChI is InChI=1S/C20H25N5O2S.C15H15ClN4OS.C15H17N5OS.C7H8O3S.C5H11NO/c1-13(26)5-4-8-22-14-12-18(21)24-15-11-17(28-20(14)15)16-7-9-23-25(16)19-6-2-3-10-27-19;16-9-7-13(17)19-10-8-12(22-15(9)10)11-4-5-18-20(11)14-3-1-2-6-21-14;1-9(21)3-2-5-17-11-8-14(16)19-12-7-13(22-15(11)12)10-4-6-18-20-10;1-6-2-4-7(5-3-6)11(8,9)10;1-5(7)3-2-4-6/h7,9,11-12,19H,2-6,8,10H2,1H3,(H3,21,22,24);4-5,7-8,14H,1-3,6H2,(H2,17,19);4,6-8H,2-3,5H2,1H3,(H,18,20)(H3,16,17,19);2-5H,1H3,(H,8,9,10);2-4,6H2,1H3. The highest BCUT2D eigenvalue weighted by atomic mass is 35.5. The summed E-state index contributed by atoms with van der Waals surface area (Å²) in [7, 11) is -4.02. The molecular weight excluding hydrogens is 1250 g/mol. The number of ether oxygens (including phenoxy) is 2. The van der Waals surface area contributed by atoms with Gasteiger partial charge in [-0.1, -0.05) is 29.3 Å². The van der Waals surface area contributed by atoms with E-state index in [4.69, 9.17) is 48.6 Å². The Bertz CT molecular complexity index is 4100. The molecule has 90 heavy (non-hydrogen) atoms. The van der Waals surface area contributed by atoms with Gasteiger partial charge in [0.05, 0.1) is 83.7 Å². The summed E-state index contributed by atoms with van der Waals surface area (Å²) in [5.74, 6) is 2.04. The summed E-state index contributed by atoms with van der Waals surface area (Å²) >= 11 is 11.2. The molecule has 0 bridgehead atoms. The fourth-order valence-electron chi connectivity index (χ4n) is 9.62. The van der Waals surface area contributed by atoms with Gasteiger partial charge in [-0.25, -0.2) is 24.3 Å². The number of pyridine rings is 3. The van der Waals surface area contributed by atoms with Crippen LogP contribution in [0.4, 0.5) is 28.8 Å². The Labute approximate surface area is 539 Å². The highest BCUT2D eigenvalue weighted by molar-refractivity contribution is 7.85. The van der Waals surface area contributed by atoms with Crippen LogP contribution < -0.4 is 33.6 Å². The topological polar surface area (TPSA) is 355 Å². The number of benzene rings is 1. The number of carbonyl (C=O) groups is 3. The Morgan fingerprint density at radius 1 is 0.633 bits per heavy atom. The number of H-pyrrole nitrogens is 1. The minimum atomic E-state index is -4.02. The fraction of sp³-hybridized carbons (Fsp3) is 0.371. The predicted octanol–water partition coefficient (Wildman–Crippen LogP) is 12.9. The molecule has 11 heterocycles. The van der Waals surface area contributed by atoms with Crippen molar-refractivity contribution in [3.63, 3.8) is 0 Å². The van der Waals surface area contributed by atoms with Crippen molar-refractivity contribution in [2.24, 2.45) is 5.73 Å². The lowest BCUT2D eigenvalue weighted by atomic mass is 10.2. The summed E-state index contributed by atoms with van der Waals surface area (Å²) in [6.07, 6.45) is 16.1. The van der Waals surface area contributed by atoms with E-state index in [0.717, 1.165) is 157 Å². The molecule has 23 nitrogen and oxygen atoms in total. The molecule has 0 saturated carbocycles. The molecule has 10 aromatic rings. The van der Waals surface area contributed by atoms with Crippen LogP contribution in [0.5, 0.6) is 0 Å². The summed E-state index contributed by atoms with van der Waals surface area (Å²) in [5, 5.41) is 23.3. The van der Waals surface area contributed by atoms with Gasteiger partial charge in [0.15, 0.2) is 12.5 Å². The van der Waals surface area contributed by atoms with E-state index in [2.05, 4.69) is 52.0 Å². The second-order valence-corrected chi connectivity index (χ2v) is 26.5. The van der Waals surface area contributed by atoms with Crippen LogP contribution in [0.2, 0.25) is 5.02 Å². The number of nitrogens with zero attached hydrogens (tertiary/aromatic N) is 8. The molecule has 0 spiro atoms. The van der Waals surface area contributed by atoms with E-state index < -0.39 is 10.1 Å². The van der Waals surface area contributed by atoms with Crippen LogP contribution in [0.1, 0.15) is 116 Å². The van der Waals surface area contributed by atoms with Crippen LogP contribution in [-0.2, 0) is 34.0 Å². The largest absolute Gasteiger partial charge is 0.384 e. The molecule has 12 rings (SSSR count). The van der Waals surface area contributed by atoms with Gasteiger partial charge in [0.25, 0.3) is 10.1 Å². The van der Waals surface area contributed by atoms with Crippen LogP contribution >= 0.6 is 45.6 Å². The number of hydrogen-bond acceptors (Lipinski definition) is 22. The van der Waals surface area contributed by atoms with Crippen LogP contribution in [0.25, 0.3) is 62.4 Å². The first kappa shape index (κ1) is 68.2. The first-order valence-corrected chi connectivity index (χ1v) is 33.8. The Morgan fingerprint density at radius 3 is 1.52 bits per heavy atom. The van der Waals surface area contributed by atoms with Crippen LogP contribution in [0.15, 0.2) is 102 Å². The van der Waals surface area contributed by atoms with Gasteiger partial charge >= 0.3 is 0 Å². The number of nitrogens with one attached hydrogen (secondary N) is 3. The number of Topliss-reactive ketones (excluding diaryl/α,β-unsaturated/α-hetero) is 3. The Balaban J connectivity index is 0.000000154. The van der Waals surface area contributed by atoms with Gasteiger partial charge < -0.3 is 57.4 Å². The van der Waals surface area contributed by atoms with E-state index in [9.17, 15) is 22.8 Å². The Morgan fingerprint density at radius 2 is 1.09 bits per heavy atom. The monoisotopic (exact) mass is 1320 g/mol. The molecule has 1 aromatic carbocycles. The van der Waals surface area contributed by atoms with Gasteiger partial charge in [-0.05, 0) is 141 Å². The molecule has 2 atom stereocenters. The molecule has 9 aromatic heterocycles. The maximum atomic E-state index is 11.1. The number of thiophene rings is 3. The Kier molecular flexibility index (Phi) is 24.9. The summed E-state index contributed by atoms with van der Waals surface area (Å²) in [4.78, 5) is 48.7. The lowest BCUT2D eigenvalue weighted by Crippen LogP contribution is -2.19. The van der Waals surface area contributed by atoms with Gasteiger partial charge in [-0.2, -0.15) is 23.7 Å². The molecule has 2 aliphatic heterocycles. The molecule has 2 unspecified atom stereocenters. The number of aromatic nitrogens is 9. The number of rotatable bonds is 19. The third kappa shape index (κ3) is 19.4. The van der Waals surface area contributed by atoms with Gasteiger partial charge in [-0.15, -0.1) is 34.0 Å². The van der Waals surface area contributed by atoms with Gasteiger partial charge in [0.2, 0.25) is 0 Å². The quantitative estimate of drug-likeness (QED) is 0.0275. The van der Waals surface area contributed by atoms with Gasteiger partial charge in [0, 0.05) is 82.4 Å². The van der Waals surface area contributed by atoms with Gasteiger partial charge in [0.1, 0.15) is 34.8 Å². The van der Waals surface area contributed by atoms with Crippen molar-refractivity contribution in [2.45, 2.75) is 122 Å². The molecular formula is C62H76ClN15O8S4. The predicted molar refractivity (Wildman–Crippen MR) is 362 cm³/mol. The summed E-state index contributed by atoms with van der Waals surface area (Å²) in [6.45, 7) is 10.3. The molecule has 478 valence electrons. The average molecular weight is 1320 g/mol. The number of aryl methyl sites for hydroxylation is 1. The molecule has 2 fully saturated rings. The van der Waals surface area contributed by atoms with E-state index >= 15 is 0 Å². The molecule has 2 aliphatic rings. The second-order valence-electron chi connectivity index (χ2n) is 21.5. The lowest BCUT2D eigenvalue weighted by molar-refractivity contribution is -0.117. The summed E-state index contributed by atoms with van der Waals surface area (Å²) in [5.41, 5.74) is 31.3. The highest BCUT2D eigenvalue weighted by Gasteiger charge is 2.23. The Hall–Kier alpha value is -7.73. The summed E-state index contributed by atoms with van der Waals surface area (Å²) < 4.78 is 48.3. The maximum absolute atomic E-state index is 11.1.